The molecule has 2 heterocycles. The first-order chi connectivity index (χ1) is 16.0. The summed E-state index contributed by atoms with van der Waals surface area (Å²) in [5, 5.41) is 8.10. The fraction of sp³-hybridized carbons (Fsp3) is 0.250. The van der Waals surface area contributed by atoms with Gasteiger partial charge in [-0.15, -0.1) is 0 Å². The van der Waals surface area contributed by atoms with Crippen LogP contribution in [0.1, 0.15) is 43.0 Å². The summed E-state index contributed by atoms with van der Waals surface area (Å²) in [4.78, 5) is 8.66. The smallest absolute Gasteiger partial charge is 0.164 e. The maximum Gasteiger partial charge on any atom is 0.164 e. The molecular formula is C28H29N5. The first-order valence-corrected chi connectivity index (χ1v) is 11.6. The molecule has 2 N–H and O–H groups in total. The Kier molecular flexibility index (Phi) is 5.55. The second-order valence-corrected chi connectivity index (χ2v) is 9.02. The maximum atomic E-state index is 6.23. The van der Waals surface area contributed by atoms with Crippen molar-refractivity contribution < 1.29 is 0 Å². The van der Waals surface area contributed by atoms with E-state index in [0.717, 1.165) is 41.6 Å². The number of rotatable bonds is 6. The fourth-order valence-corrected chi connectivity index (χ4v) is 4.53. The number of aryl methyl sites for hydroxylation is 3. The molecule has 0 amide bonds. The van der Waals surface area contributed by atoms with Gasteiger partial charge < -0.3 is 5.73 Å². The third-order valence-electron chi connectivity index (χ3n) is 6.36. The van der Waals surface area contributed by atoms with Crippen molar-refractivity contribution in [2.45, 2.75) is 46.1 Å². The highest BCUT2D eigenvalue weighted by atomic mass is 15.3. The van der Waals surface area contributed by atoms with Crippen LogP contribution >= 0.6 is 0 Å². The minimum absolute atomic E-state index is 0.179. The lowest BCUT2D eigenvalue weighted by Crippen LogP contribution is -2.04. The van der Waals surface area contributed by atoms with E-state index < -0.39 is 0 Å². The second kappa shape index (κ2) is 8.66. The number of nitrogen functional groups attached to an aromatic ring is 1. The van der Waals surface area contributed by atoms with Gasteiger partial charge in [0.1, 0.15) is 17.8 Å². The molecule has 5 rings (SSSR count). The van der Waals surface area contributed by atoms with E-state index in [2.05, 4.69) is 91.4 Å². The summed E-state index contributed by atoms with van der Waals surface area (Å²) in [6, 6.07) is 22.1. The normalized spacial score (nSPS) is 11.6. The zero-order chi connectivity index (χ0) is 22.9. The molecule has 0 spiro atoms. The van der Waals surface area contributed by atoms with Crippen molar-refractivity contribution in [3.05, 3.63) is 83.7 Å². The van der Waals surface area contributed by atoms with Gasteiger partial charge in [-0.2, -0.15) is 5.10 Å². The molecule has 33 heavy (non-hydrogen) atoms. The van der Waals surface area contributed by atoms with Gasteiger partial charge in [0.25, 0.3) is 0 Å². The molecule has 0 radical (unpaired) electrons. The molecule has 0 aliphatic heterocycles. The van der Waals surface area contributed by atoms with E-state index in [1.807, 2.05) is 4.68 Å². The van der Waals surface area contributed by atoms with Crippen molar-refractivity contribution >= 4 is 27.6 Å². The monoisotopic (exact) mass is 435 g/mol. The molecule has 0 saturated heterocycles. The molecule has 0 bridgehead atoms. The number of nitrogens with zero attached hydrogens (tertiary/aromatic N) is 4. The summed E-state index contributed by atoms with van der Waals surface area (Å²) in [6.07, 6.45) is 4.83. The first kappa shape index (κ1) is 21.1. The summed E-state index contributed by atoms with van der Waals surface area (Å²) in [7, 11) is 0. The maximum absolute atomic E-state index is 6.23. The largest absolute Gasteiger partial charge is 0.383 e. The van der Waals surface area contributed by atoms with Gasteiger partial charge in [-0.25, -0.2) is 14.6 Å². The quantitative estimate of drug-likeness (QED) is 0.340. The molecule has 2 aromatic heterocycles. The van der Waals surface area contributed by atoms with E-state index in [9.17, 15) is 0 Å². The Balaban J connectivity index is 1.43. The molecule has 5 nitrogen and oxygen atoms in total. The summed E-state index contributed by atoms with van der Waals surface area (Å²) >= 11 is 0. The Bertz CT molecular complexity index is 1450. The van der Waals surface area contributed by atoms with Crippen molar-refractivity contribution in [3.8, 4) is 11.3 Å². The zero-order valence-electron chi connectivity index (χ0n) is 19.4. The van der Waals surface area contributed by atoms with Crippen molar-refractivity contribution in [2.75, 3.05) is 5.73 Å². The van der Waals surface area contributed by atoms with Crippen LogP contribution in [0, 0.1) is 6.92 Å². The van der Waals surface area contributed by atoms with Gasteiger partial charge in [-0.05, 0) is 73.6 Å². The van der Waals surface area contributed by atoms with E-state index in [1.165, 1.54) is 33.8 Å². The van der Waals surface area contributed by atoms with Gasteiger partial charge in [-0.3, -0.25) is 0 Å². The van der Waals surface area contributed by atoms with Gasteiger partial charge in [0.15, 0.2) is 5.65 Å². The fourth-order valence-electron chi connectivity index (χ4n) is 4.53. The third-order valence-corrected chi connectivity index (χ3v) is 6.36. The molecule has 166 valence electrons. The van der Waals surface area contributed by atoms with Crippen LogP contribution in [0.5, 0.6) is 0 Å². The topological polar surface area (TPSA) is 69.6 Å². The predicted octanol–water partition coefficient (Wildman–Crippen LogP) is 6.29. The second-order valence-electron chi connectivity index (χ2n) is 9.02. The van der Waals surface area contributed by atoms with Crippen LogP contribution in [0.15, 0.2) is 67.0 Å². The summed E-state index contributed by atoms with van der Waals surface area (Å²) < 4.78 is 1.92. The van der Waals surface area contributed by atoms with E-state index in [0.29, 0.717) is 5.82 Å². The van der Waals surface area contributed by atoms with Gasteiger partial charge >= 0.3 is 0 Å². The minimum atomic E-state index is 0.179. The molecule has 5 heteroatoms. The lowest BCUT2D eigenvalue weighted by Gasteiger charge is -2.08. The molecule has 0 aliphatic carbocycles. The number of nitrogens with two attached hydrogens (primary N) is 1. The highest BCUT2D eigenvalue weighted by Gasteiger charge is 2.18. The van der Waals surface area contributed by atoms with Gasteiger partial charge in [0.2, 0.25) is 0 Å². The number of hydrogen-bond acceptors (Lipinski definition) is 4. The Morgan fingerprint density at radius 2 is 1.70 bits per heavy atom. The number of anilines is 1. The molecule has 0 saturated carbocycles. The molecule has 5 aromatic rings. The van der Waals surface area contributed by atoms with E-state index >= 15 is 0 Å². The molecule has 0 aliphatic rings. The van der Waals surface area contributed by atoms with Crippen LogP contribution in [0.2, 0.25) is 0 Å². The van der Waals surface area contributed by atoms with Gasteiger partial charge in [-0.1, -0.05) is 54.6 Å². The SMILES string of the molecule is Cc1ccccc1CCCc1ccc2cc(-c3nn(C(C)C)c4ncnc(N)c34)ccc2c1. The summed E-state index contributed by atoms with van der Waals surface area (Å²) in [5.41, 5.74) is 13.1. The highest BCUT2D eigenvalue weighted by Crippen LogP contribution is 2.33. The van der Waals surface area contributed by atoms with Crippen LogP contribution in [-0.4, -0.2) is 19.7 Å². The zero-order valence-corrected chi connectivity index (χ0v) is 19.4. The van der Waals surface area contributed by atoms with Crippen LogP contribution in [-0.2, 0) is 12.8 Å². The van der Waals surface area contributed by atoms with Crippen LogP contribution in [0.3, 0.4) is 0 Å². The van der Waals surface area contributed by atoms with Crippen LogP contribution < -0.4 is 5.73 Å². The molecule has 0 fully saturated rings. The molecule has 3 aromatic carbocycles. The number of hydrogen-bond donors (Lipinski definition) is 1. The van der Waals surface area contributed by atoms with Gasteiger partial charge in [0.05, 0.1) is 5.39 Å². The average Bonchev–Trinajstić information content (AvgIpc) is 3.21. The van der Waals surface area contributed by atoms with Crippen molar-refractivity contribution in [1.82, 2.24) is 19.7 Å². The predicted molar refractivity (Wildman–Crippen MR) is 136 cm³/mol. The highest BCUT2D eigenvalue weighted by molar-refractivity contribution is 6.00. The standard InChI is InChI=1S/C28H29N5/c1-18(2)33-28-25(27(29)30-17-31-28)26(32-33)24-14-13-22-15-20(11-12-23(22)16-24)8-6-10-21-9-5-4-7-19(21)3/h4-5,7,9,11-18H,6,8,10H2,1-3H3,(H2,29,30,31). The lowest BCUT2D eigenvalue weighted by atomic mass is 9.98. The van der Waals surface area contributed by atoms with E-state index in [4.69, 9.17) is 10.8 Å². The Morgan fingerprint density at radius 3 is 2.52 bits per heavy atom. The summed E-state index contributed by atoms with van der Waals surface area (Å²) in [5.74, 6) is 0.464. The number of fused-ring (bicyclic) bond motifs is 2. The number of benzene rings is 3. The Hall–Kier alpha value is -3.73. The Morgan fingerprint density at radius 1 is 0.909 bits per heavy atom. The first-order valence-electron chi connectivity index (χ1n) is 11.6. The van der Waals surface area contributed by atoms with E-state index in [-0.39, 0.29) is 6.04 Å². The van der Waals surface area contributed by atoms with Crippen molar-refractivity contribution in [2.24, 2.45) is 0 Å². The number of aromatic nitrogens is 4. The van der Waals surface area contributed by atoms with Crippen LogP contribution in [0.4, 0.5) is 5.82 Å². The third kappa shape index (κ3) is 4.07. The minimum Gasteiger partial charge on any atom is -0.383 e. The lowest BCUT2D eigenvalue weighted by molar-refractivity contribution is 0.548. The molecule has 0 atom stereocenters. The van der Waals surface area contributed by atoms with Crippen molar-refractivity contribution in [3.63, 3.8) is 0 Å². The molecular weight excluding hydrogens is 406 g/mol. The molecule has 0 unspecified atom stereocenters. The van der Waals surface area contributed by atoms with Crippen LogP contribution in [0.25, 0.3) is 33.1 Å². The van der Waals surface area contributed by atoms with Crippen molar-refractivity contribution in [1.29, 1.82) is 0 Å². The Labute approximate surface area is 194 Å². The summed E-state index contributed by atoms with van der Waals surface area (Å²) in [6.45, 7) is 6.38. The van der Waals surface area contributed by atoms with E-state index in [1.54, 1.807) is 0 Å². The van der Waals surface area contributed by atoms with Gasteiger partial charge in [0, 0.05) is 11.6 Å². The average molecular weight is 436 g/mol.